The molecule has 0 spiro atoms. The van der Waals surface area contributed by atoms with Gasteiger partial charge in [-0.25, -0.2) is 13.6 Å². The number of carbonyl (C=O) groups is 1. The molecule has 1 N–H and O–H groups in total. The highest BCUT2D eigenvalue weighted by atomic mass is 19.1. The van der Waals surface area contributed by atoms with Crippen molar-refractivity contribution < 1.29 is 23.4 Å². The van der Waals surface area contributed by atoms with E-state index in [4.69, 9.17) is 9.84 Å². The third-order valence-corrected chi connectivity index (χ3v) is 2.06. The Morgan fingerprint density at radius 2 is 2.00 bits per heavy atom. The largest absolute Gasteiger partial charge is 0.485 e. The Balaban J connectivity index is 2.59. The summed E-state index contributed by atoms with van der Waals surface area (Å²) in [4.78, 5) is 10.6. The lowest BCUT2D eigenvalue weighted by Crippen LogP contribution is -2.15. The number of carboxylic acids is 1. The second-order valence-electron chi connectivity index (χ2n) is 3.04. The molecule has 0 radical (unpaired) electrons. The molecule has 1 aromatic carbocycles. The summed E-state index contributed by atoms with van der Waals surface area (Å²) < 4.78 is 31.2. The van der Waals surface area contributed by atoms with E-state index < -0.39 is 17.6 Å². The molecule has 15 heavy (non-hydrogen) atoms. The molecule has 0 fully saturated rings. The van der Waals surface area contributed by atoms with Crippen LogP contribution in [-0.2, 0) is 4.79 Å². The van der Waals surface area contributed by atoms with Crippen molar-refractivity contribution in [2.24, 2.45) is 0 Å². The highest BCUT2D eigenvalue weighted by Gasteiger charge is 2.21. The van der Waals surface area contributed by atoms with E-state index in [1.807, 2.05) is 0 Å². The average molecular weight is 212 g/mol. The minimum absolute atomic E-state index is 0.105. The van der Waals surface area contributed by atoms with Gasteiger partial charge in [-0.1, -0.05) is 0 Å². The van der Waals surface area contributed by atoms with E-state index in [9.17, 15) is 13.6 Å². The molecule has 1 aliphatic rings. The van der Waals surface area contributed by atoms with Crippen LogP contribution in [0.25, 0.3) is 6.08 Å². The van der Waals surface area contributed by atoms with Crippen molar-refractivity contribution in [2.75, 3.05) is 6.61 Å². The van der Waals surface area contributed by atoms with Crippen LogP contribution >= 0.6 is 0 Å². The van der Waals surface area contributed by atoms with E-state index in [1.165, 1.54) is 0 Å². The van der Waals surface area contributed by atoms with Crippen molar-refractivity contribution in [3.63, 3.8) is 0 Å². The number of hydrogen-bond acceptors (Lipinski definition) is 2. The van der Waals surface area contributed by atoms with Crippen LogP contribution in [0.4, 0.5) is 8.78 Å². The molecule has 0 saturated carbocycles. The lowest BCUT2D eigenvalue weighted by molar-refractivity contribution is -0.132. The summed E-state index contributed by atoms with van der Waals surface area (Å²) in [6, 6.07) is 1.87. The average Bonchev–Trinajstić information content (AvgIpc) is 2.23. The van der Waals surface area contributed by atoms with Gasteiger partial charge in [0.1, 0.15) is 12.4 Å². The SMILES string of the molecule is O=C(O)C1=Cc2c(F)ccc(F)c2OC1. The predicted molar refractivity (Wildman–Crippen MR) is 47.5 cm³/mol. The maximum atomic E-state index is 13.2. The summed E-state index contributed by atoms with van der Waals surface area (Å²) in [5.74, 6) is -2.85. The summed E-state index contributed by atoms with van der Waals surface area (Å²) in [5.41, 5.74) is -0.259. The quantitative estimate of drug-likeness (QED) is 0.772. The third kappa shape index (κ3) is 1.56. The van der Waals surface area contributed by atoms with E-state index >= 15 is 0 Å². The van der Waals surface area contributed by atoms with Gasteiger partial charge in [-0.3, -0.25) is 0 Å². The number of fused-ring (bicyclic) bond motifs is 1. The Hall–Kier alpha value is -1.91. The first-order chi connectivity index (χ1) is 7.09. The number of halogens is 2. The molecule has 5 heteroatoms. The number of ether oxygens (including phenoxy) is 1. The molecular weight excluding hydrogens is 206 g/mol. The van der Waals surface area contributed by atoms with Gasteiger partial charge in [0.05, 0.1) is 11.1 Å². The number of aliphatic carboxylic acids is 1. The van der Waals surface area contributed by atoms with Crippen LogP contribution in [-0.4, -0.2) is 17.7 Å². The van der Waals surface area contributed by atoms with Gasteiger partial charge < -0.3 is 9.84 Å². The van der Waals surface area contributed by atoms with Crippen molar-refractivity contribution in [3.05, 3.63) is 34.9 Å². The molecule has 1 aliphatic heterocycles. The van der Waals surface area contributed by atoms with Gasteiger partial charge in [0.15, 0.2) is 11.6 Å². The fraction of sp³-hybridized carbons (Fsp3) is 0.100. The maximum absolute atomic E-state index is 13.2. The van der Waals surface area contributed by atoms with Crippen LogP contribution in [0.2, 0.25) is 0 Å². The Bertz CT molecular complexity index is 466. The van der Waals surface area contributed by atoms with Crippen molar-refractivity contribution in [2.45, 2.75) is 0 Å². The fourth-order valence-corrected chi connectivity index (χ4v) is 1.32. The zero-order valence-corrected chi connectivity index (χ0v) is 7.46. The molecule has 0 aromatic heterocycles. The minimum atomic E-state index is -1.20. The first-order valence-electron chi connectivity index (χ1n) is 4.14. The number of hydrogen-bond donors (Lipinski definition) is 1. The summed E-state index contributed by atoms with van der Waals surface area (Å²) in [6.07, 6.45) is 1.08. The van der Waals surface area contributed by atoms with Gasteiger partial charge in [-0.2, -0.15) is 0 Å². The molecule has 3 nitrogen and oxygen atoms in total. The molecule has 78 valence electrons. The Kier molecular flexibility index (Phi) is 2.15. The molecule has 0 amide bonds. The van der Waals surface area contributed by atoms with Gasteiger partial charge in [0.2, 0.25) is 0 Å². The van der Waals surface area contributed by atoms with Crippen LogP contribution in [0.15, 0.2) is 17.7 Å². The van der Waals surface area contributed by atoms with Crippen LogP contribution in [0.3, 0.4) is 0 Å². The van der Waals surface area contributed by atoms with Gasteiger partial charge in [-0.05, 0) is 18.2 Å². The number of benzene rings is 1. The highest BCUT2D eigenvalue weighted by molar-refractivity contribution is 5.93. The minimum Gasteiger partial charge on any atom is -0.485 e. The predicted octanol–water partition coefficient (Wildman–Crippen LogP) is 1.83. The standard InChI is InChI=1S/C10H6F2O3/c11-7-1-2-8(12)9-6(7)3-5(4-15-9)10(13)14/h1-3H,4H2,(H,13,14). The first kappa shape index (κ1) is 9.64. The number of carboxylic acid groups (broad SMARTS) is 1. The zero-order chi connectivity index (χ0) is 11.0. The second kappa shape index (κ2) is 3.34. The summed E-state index contributed by atoms with van der Waals surface area (Å²) in [7, 11) is 0. The summed E-state index contributed by atoms with van der Waals surface area (Å²) in [6.45, 7) is -0.261. The highest BCUT2D eigenvalue weighted by Crippen LogP contribution is 2.31. The molecule has 1 heterocycles. The third-order valence-electron chi connectivity index (χ3n) is 2.06. The van der Waals surface area contributed by atoms with E-state index in [2.05, 4.69) is 0 Å². The van der Waals surface area contributed by atoms with E-state index in [-0.39, 0.29) is 23.5 Å². The van der Waals surface area contributed by atoms with Crippen molar-refractivity contribution in [3.8, 4) is 5.75 Å². The van der Waals surface area contributed by atoms with Crippen LogP contribution in [0.5, 0.6) is 5.75 Å². The lowest BCUT2D eigenvalue weighted by atomic mass is 10.1. The maximum Gasteiger partial charge on any atom is 0.335 e. The monoisotopic (exact) mass is 212 g/mol. The van der Waals surface area contributed by atoms with Gasteiger partial charge >= 0.3 is 5.97 Å². The molecule has 1 aromatic rings. The Morgan fingerprint density at radius 3 is 2.67 bits per heavy atom. The Morgan fingerprint density at radius 1 is 1.33 bits per heavy atom. The van der Waals surface area contributed by atoms with Crippen molar-refractivity contribution in [1.82, 2.24) is 0 Å². The van der Waals surface area contributed by atoms with Crippen LogP contribution in [0.1, 0.15) is 5.56 Å². The molecule has 2 rings (SSSR count). The Labute approximate surface area is 83.6 Å². The molecular formula is C10H6F2O3. The normalized spacial score (nSPS) is 13.9. The molecule has 0 atom stereocenters. The van der Waals surface area contributed by atoms with Crippen molar-refractivity contribution in [1.29, 1.82) is 0 Å². The summed E-state index contributed by atoms with van der Waals surface area (Å²) in [5, 5.41) is 8.66. The summed E-state index contributed by atoms with van der Waals surface area (Å²) >= 11 is 0. The second-order valence-corrected chi connectivity index (χ2v) is 3.04. The first-order valence-corrected chi connectivity index (χ1v) is 4.14. The topological polar surface area (TPSA) is 46.5 Å². The van der Waals surface area contributed by atoms with Gasteiger partial charge in [0, 0.05) is 0 Å². The van der Waals surface area contributed by atoms with Crippen molar-refractivity contribution >= 4 is 12.0 Å². The zero-order valence-electron chi connectivity index (χ0n) is 7.46. The van der Waals surface area contributed by atoms with Crippen LogP contribution in [0, 0.1) is 11.6 Å². The van der Waals surface area contributed by atoms with E-state index in [0.717, 1.165) is 18.2 Å². The molecule has 0 aliphatic carbocycles. The van der Waals surface area contributed by atoms with Gasteiger partial charge in [-0.15, -0.1) is 0 Å². The van der Waals surface area contributed by atoms with E-state index in [1.54, 1.807) is 0 Å². The van der Waals surface area contributed by atoms with Crippen LogP contribution < -0.4 is 4.74 Å². The number of rotatable bonds is 1. The molecule has 0 bridgehead atoms. The molecule has 0 saturated heterocycles. The lowest BCUT2D eigenvalue weighted by Gasteiger charge is -2.16. The van der Waals surface area contributed by atoms with E-state index in [0.29, 0.717) is 0 Å². The molecule has 0 unspecified atom stereocenters. The smallest absolute Gasteiger partial charge is 0.335 e. The van der Waals surface area contributed by atoms with Gasteiger partial charge in [0.25, 0.3) is 0 Å². The fourth-order valence-electron chi connectivity index (χ4n) is 1.32.